The largest absolute Gasteiger partial charge is 0.340 e. The second-order valence-corrected chi connectivity index (χ2v) is 8.31. The number of hydrogen-bond acceptors (Lipinski definition) is 4. The van der Waals surface area contributed by atoms with E-state index in [0.29, 0.717) is 11.3 Å². The molecule has 5 aromatic rings. The molecule has 1 aromatic carbocycles. The van der Waals surface area contributed by atoms with Crippen LogP contribution in [0.4, 0.5) is 4.39 Å². The van der Waals surface area contributed by atoms with Crippen molar-refractivity contribution >= 4 is 11.0 Å². The van der Waals surface area contributed by atoms with Crippen LogP contribution in [0.25, 0.3) is 39.2 Å². The molecule has 11 heteroatoms. The zero-order valence-electron chi connectivity index (χ0n) is 19.4. The molecule has 0 saturated heterocycles. The molecule has 0 aliphatic carbocycles. The number of benzene rings is 1. The van der Waals surface area contributed by atoms with Gasteiger partial charge in [0.1, 0.15) is 17.3 Å². The zero-order valence-corrected chi connectivity index (χ0v) is 19.4. The van der Waals surface area contributed by atoms with E-state index >= 15 is 0 Å². The summed E-state index contributed by atoms with van der Waals surface area (Å²) in [5, 5.41) is 0.0954. The Morgan fingerprint density at radius 3 is 1.91 bits per heavy atom. The molecule has 0 aliphatic heterocycles. The Hall–Kier alpha value is -4.67. The standard InChI is InChI=1S/C24H21FN6O4/c1-27-19-16(21(32)29(3)23(27)34)15(18(26-19)13-7-9-14(25)10-8-13)17-20(31-11-5-6-12-31)28(2)24(35)30(4)22(17)33/h5-12,26H,1-4H3. The van der Waals surface area contributed by atoms with Gasteiger partial charge in [0.25, 0.3) is 11.1 Å². The molecule has 4 heterocycles. The van der Waals surface area contributed by atoms with Crippen LogP contribution < -0.4 is 22.5 Å². The van der Waals surface area contributed by atoms with E-state index in [1.807, 2.05) is 0 Å². The Bertz CT molecular complexity index is 1870. The fourth-order valence-electron chi connectivity index (χ4n) is 4.44. The summed E-state index contributed by atoms with van der Waals surface area (Å²) in [5.41, 5.74) is -1.04. The number of hydrogen-bond donors (Lipinski definition) is 1. The highest BCUT2D eigenvalue weighted by Gasteiger charge is 2.28. The maximum absolute atomic E-state index is 13.7. The maximum atomic E-state index is 13.7. The van der Waals surface area contributed by atoms with E-state index in [2.05, 4.69) is 4.98 Å². The lowest BCUT2D eigenvalue weighted by Crippen LogP contribution is -2.40. The maximum Gasteiger partial charge on any atom is 0.332 e. The zero-order chi connectivity index (χ0) is 25.2. The van der Waals surface area contributed by atoms with Crippen molar-refractivity contribution in [2.45, 2.75) is 0 Å². The molecule has 178 valence electrons. The van der Waals surface area contributed by atoms with Gasteiger partial charge in [-0.25, -0.2) is 14.0 Å². The van der Waals surface area contributed by atoms with E-state index < -0.39 is 28.3 Å². The first-order valence-electron chi connectivity index (χ1n) is 10.6. The lowest BCUT2D eigenvalue weighted by molar-refractivity contribution is 0.628. The molecule has 0 radical (unpaired) electrons. The van der Waals surface area contributed by atoms with Gasteiger partial charge in [-0.3, -0.25) is 27.9 Å². The summed E-state index contributed by atoms with van der Waals surface area (Å²) in [6, 6.07) is 9.01. The Morgan fingerprint density at radius 2 is 1.29 bits per heavy atom. The van der Waals surface area contributed by atoms with E-state index in [4.69, 9.17) is 0 Å². The quantitative estimate of drug-likeness (QED) is 0.422. The van der Waals surface area contributed by atoms with Crippen molar-refractivity contribution in [1.29, 1.82) is 0 Å². The van der Waals surface area contributed by atoms with Crippen molar-refractivity contribution in [2.24, 2.45) is 28.2 Å². The molecule has 0 atom stereocenters. The van der Waals surface area contributed by atoms with E-state index in [-0.39, 0.29) is 28.0 Å². The Labute approximate surface area is 196 Å². The van der Waals surface area contributed by atoms with Gasteiger partial charge in [-0.05, 0) is 42.0 Å². The van der Waals surface area contributed by atoms with Crippen molar-refractivity contribution in [2.75, 3.05) is 0 Å². The van der Waals surface area contributed by atoms with Gasteiger partial charge in [0.15, 0.2) is 0 Å². The fourth-order valence-corrected chi connectivity index (χ4v) is 4.44. The van der Waals surface area contributed by atoms with E-state index in [1.54, 1.807) is 29.1 Å². The third-order valence-corrected chi connectivity index (χ3v) is 6.27. The van der Waals surface area contributed by atoms with Crippen LogP contribution in [-0.4, -0.2) is 27.8 Å². The predicted molar refractivity (Wildman–Crippen MR) is 129 cm³/mol. The molecule has 0 unspecified atom stereocenters. The van der Waals surface area contributed by atoms with Gasteiger partial charge in [-0.1, -0.05) is 0 Å². The monoisotopic (exact) mass is 476 g/mol. The van der Waals surface area contributed by atoms with Crippen molar-refractivity contribution < 1.29 is 4.39 Å². The van der Waals surface area contributed by atoms with Gasteiger partial charge < -0.3 is 9.55 Å². The molecular weight excluding hydrogens is 455 g/mol. The number of H-pyrrole nitrogens is 1. The number of halogens is 1. The molecule has 0 bridgehead atoms. The molecule has 0 aliphatic rings. The second-order valence-electron chi connectivity index (χ2n) is 8.31. The van der Waals surface area contributed by atoms with Gasteiger partial charge >= 0.3 is 11.4 Å². The lowest BCUT2D eigenvalue weighted by Gasteiger charge is -2.17. The number of fused-ring (bicyclic) bond motifs is 1. The summed E-state index contributed by atoms with van der Waals surface area (Å²) in [7, 11) is 5.74. The molecule has 0 saturated carbocycles. The second kappa shape index (κ2) is 7.69. The van der Waals surface area contributed by atoms with Gasteiger partial charge in [-0.2, -0.15) is 0 Å². The minimum atomic E-state index is -0.628. The predicted octanol–water partition coefficient (Wildman–Crippen LogP) is 1.23. The van der Waals surface area contributed by atoms with E-state index in [9.17, 15) is 23.6 Å². The Kier molecular flexibility index (Phi) is 4.86. The van der Waals surface area contributed by atoms with Crippen LogP contribution in [0, 0.1) is 5.82 Å². The van der Waals surface area contributed by atoms with Crippen molar-refractivity contribution in [3.63, 3.8) is 0 Å². The van der Waals surface area contributed by atoms with Gasteiger partial charge in [0, 0.05) is 46.1 Å². The molecule has 10 nitrogen and oxygen atoms in total. The Balaban J connectivity index is 2.10. The normalized spacial score (nSPS) is 11.5. The molecule has 35 heavy (non-hydrogen) atoms. The van der Waals surface area contributed by atoms with Gasteiger partial charge in [0.2, 0.25) is 0 Å². The SMILES string of the molecule is Cn1c(-n2cccc2)c(-c2c(-c3ccc(F)cc3)[nH]c3c2c(=O)n(C)c(=O)n3C)c(=O)n(C)c1=O. The summed E-state index contributed by atoms with van der Waals surface area (Å²) in [4.78, 5) is 55.7. The number of aromatic nitrogens is 6. The number of aryl methyl sites for hydroxylation is 1. The summed E-state index contributed by atoms with van der Waals surface area (Å²) in [6.45, 7) is 0. The Morgan fingerprint density at radius 1 is 0.714 bits per heavy atom. The molecule has 0 fully saturated rings. The molecule has 0 spiro atoms. The minimum Gasteiger partial charge on any atom is -0.340 e. The topological polar surface area (TPSA) is 109 Å². The van der Waals surface area contributed by atoms with Crippen LogP contribution in [0.1, 0.15) is 0 Å². The molecule has 0 amide bonds. The van der Waals surface area contributed by atoms with Crippen LogP contribution in [0.3, 0.4) is 0 Å². The molecule has 5 rings (SSSR count). The molecular formula is C24H21FN6O4. The summed E-state index contributed by atoms with van der Waals surface area (Å²) in [6.07, 6.45) is 3.36. The van der Waals surface area contributed by atoms with E-state index in [0.717, 1.165) is 9.13 Å². The van der Waals surface area contributed by atoms with Crippen LogP contribution in [-0.2, 0) is 28.2 Å². The first-order chi connectivity index (χ1) is 16.6. The summed E-state index contributed by atoms with van der Waals surface area (Å²) in [5.74, 6) is -0.218. The van der Waals surface area contributed by atoms with E-state index in [1.165, 1.54) is 61.6 Å². The van der Waals surface area contributed by atoms with Crippen molar-refractivity contribution in [3.8, 4) is 28.2 Å². The van der Waals surface area contributed by atoms with Crippen molar-refractivity contribution in [3.05, 3.63) is 96.3 Å². The lowest BCUT2D eigenvalue weighted by atomic mass is 10.00. The minimum absolute atomic E-state index is 0.0760. The summed E-state index contributed by atoms with van der Waals surface area (Å²) >= 11 is 0. The van der Waals surface area contributed by atoms with Crippen LogP contribution in [0.2, 0.25) is 0 Å². The van der Waals surface area contributed by atoms with Crippen LogP contribution >= 0.6 is 0 Å². The molecule has 4 aromatic heterocycles. The van der Waals surface area contributed by atoms with Crippen LogP contribution in [0.5, 0.6) is 0 Å². The van der Waals surface area contributed by atoms with Gasteiger partial charge in [0.05, 0.1) is 16.6 Å². The average molecular weight is 476 g/mol. The third kappa shape index (κ3) is 3.08. The summed E-state index contributed by atoms with van der Waals surface area (Å²) < 4.78 is 19.8. The highest BCUT2D eigenvalue weighted by Crippen LogP contribution is 2.37. The smallest absolute Gasteiger partial charge is 0.332 e. The number of aromatic amines is 1. The third-order valence-electron chi connectivity index (χ3n) is 6.27. The number of nitrogens with one attached hydrogen (secondary N) is 1. The highest BCUT2D eigenvalue weighted by molar-refractivity contribution is 6.03. The number of nitrogens with zero attached hydrogens (tertiary/aromatic N) is 5. The average Bonchev–Trinajstić information content (AvgIpc) is 3.51. The first-order valence-corrected chi connectivity index (χ1v) is 10.6. The highest BCUT2D eigenvalue weighted by atomic mass is 19.1. The van der Waals surface area contributed by atoms with Crippen LogP contribution in [0.15, 0.2) is 68.0 Å². The van der Waals surface area contributed by atoms with Gasteiger partial charge in [-0.15, -0.1) is 0 Å². The first kappa shape index (κ1) is 22.1. The molecule has 1 N–H and O–H groups in total. The number of rotatable bonds is 3. The van der Waals surface area contributed by atoms with Crippen molar-refractivity contribution in [1.82, 2.24) is 27.8 Å². The fraction of sp³-hybridized carbons (Fsp3) is 0.167.